The number of nitrogens with one attached hydrogen (secondary N) is 1. The molecule has 1 heterocycles. The van der Waals surface area contributed by atoms with Crippen molar-refractivity contribution in [3.8, 4) is 0 Å². The lowest BCUT2D eigenvalue weighted by molar-refractivity contribution is -0.135. The predicted molar refractivity (Wildman–Crippen MR) is 63.2 cm³/mol. The van der Waals surface area contributed by atoms with Crippen LogP contribution in [0.2, 0.25) is 0 Å². The van der Waals surface area contributed by atoms with Crippen LogP contribution in [0.15, 0.2) is 24.3 Å². The summed E-state index contributed by atoms with van der Waals surface area (Å²) in [7, 11) is 0. The fourth-order valence-electron chi connectivity index (χ4n) is 1.62. The monoisotopic (exact) mass is 221 g/mol. The van der Waals surface area contributed by atoms with Crippen molar-refractivity contribution >= 4 is 0 Å². The highest BCUT2D eigenvalue weighted by Gasteiger charge is 2.18. The zero-order valence-corrected chi connectivity index (χ0v) is 9.74. The normalized spacial score (nSPS) is 16.1. The third kappa shape index (κ3) is 3.30. The molecule has 16 heavy (non-hydrogen) atoms. The quantitative estimate of drug-likeness (QED) is 0.793. The SMILES string of the molecule is CCNCc1cccc(COC2COC2)c1. The van der Waals surface area contributed by atoms with Crippen molar-refractivity contribution in [2.75, 3.05) is 19.8 Å². The summed E-state index contributed by atoms with van der Waals surface area (Å²) in [5.41, 5.74) is 2.55. The lowest BCUT2D eigenvalue weighted by Crippen LogP contribution is -2.35. The molecule has 0 amide bonds. The molecule has 3 nitrogen and oxygen atoms in total. The highest BCUT2D eigenvalue weighted by molar-refractivity contribution is 5.22. The molecule has 0 aliphatic carbocycles. The first kappa shape index (κ1) is 11.6. The van der Waals surface area contributed by atoms with Crippen LogP contribution >= 0.6 is 0 Å². The third-order valence-electron chi connectivity index (χ3n) is 2.66. The Morgan fingerprint density at radius 1 is 1.38 bits per heavy atom. The van der Waals surface area contributed by atoms with Crippen LogP contribution < -0.4 is 5.32 Å². The van der Waals surface area contributed by atoms with E-state index in [1.807, 2.05) is 0 Å². The Hall–Kier alpha value is -0.900. The van der Waals surface area contributed by atoms with Crippen LogP contribution in [-0.4, -0.2) is 25.9 Å². The summed E-state index contributed by atoms with van der Waals surface area (Å²) >= 11 is 0. The van der Waals surface area contributed by atoms with E-state index in [4.69, 9.17) is 9.47 Å². The lowest BCUT2D eigenvalue weighted by Gasteiger charge is -2.26. The van der Waals surface area contributed by atoms with Crippen LogP contribution in [0.1, 0.15) is 18.1 Å². The van der Waals surface area contributed by atoms with Crippen molar-refractivity contribution in [1.29, 1.82) is 0 Å². The van der Waals surface area contributed by atoms with Gasteiger partial charge in [-0.1, -0.05) is 31.2 Å². The first-order chi connectivity index (χ1) is 7.88. The van der Waals surface area contributed by atoms with E-state index >= 15 is 0 Å². The van der Waals surface area contributed by atoms with Crippen LogP contribution in [0.4, 0.5) is 0 Å². The van der Waals surface area contributed by atoms with Gasteiger partial charge in [-0.2, -0.15) is 0 Å². The minimum absolute atomic E-state index is 0.303. The molecule has 1 N–H and O–H groups in total. The summed E-state index contributed by atoms with van der Waals surface area (Å²) in [4.78, 5) is 0. The first-order valence-electron chi connectivity index (χ1n) is 5.86. The summed E-state index contributed by atoms with van der Waals surface area (Å²) in [6.45, 7) is 6.22. The van der Waals surface area contributed by atoms with Crippen LogP contribution in [0.25, 0.3) is 0 Å². The molecule has 0 bridgehead atoms. The molecule has 0 radical (unpaired) electrons. The van der Waals surface area contributed by atoms with E-state index < -0.39 is 0 Å². The molecule has 0 atom stereocenters. The molecule has 1 aromatic carbocycles. The minimum atomic E-state index is 0.303. The average Bonchev–Trinajstić information content (AvgIpc) is 2.25. The van der Waals surface area contributed by atoms with E-state index in [0.717, 1.165) is 26.3 Å². The molecule has 3 heteroatoms. The van der Waals surface area contributed by atoms with Gasteiger partial charge < -0.3 is 14.8 Å². The van der Waals surface area contributed by atoms with E-state index in [1.54, 1.807) is 0 Å². The molecule has 1 saturated heterocycles. The smallest absolute Gasteiger partial charge is 0.105 e. The Morgan fingerprint density at radius 3 is 2.88 bits per heavy atom. The van der Waals surface area contributed by atoms with Crippen molar-refractivity contribution in [1.82, 2.24) is 5.32 Å². The number of hydrogen-bond donors (Lipinski definition) is 1. The second kappa shape index (κ2) is 5.99. The average molecular weight is 221 g/mol. The molecule has 1 aromatic rings. The molecular formula is C13H19NO2. The molecule has 2 rings (SSSR count). The number of hydrogen-bond acceptors (Lipinski definition) is 3. The number of rotatable bonds is 6. The largest absolute Gasteiger partial charge is 0.376 e. The minimum Gasteiger partial charge on any atom is -0.376 e. The topological polar surface area (TPSA) is 30.5 Å². The fraction of sp³-hybridized carbons (Fsp3) is 0.538. The summed E-state index contributed by atoms with van der Waals surface area (Å²) in [6.07, 6.45) is 0.303. The van der Waals surface area contributed by atoms with Crippen LogP contribution in [0.3, 0.4) is 0 Å². The van der Waals surface area contributed by atoms with Gasteiger partial charge in [-0.15, -0.1) is 0 Å². The molecule has 0 unspecified atom stereocenters. The standard InChI is InChI=1S/C13H19NO2/c1-2-14-7-11-4-3-5-12(6-11)8-16-13-9-15-10-13/h3-6,13-14H,2,7-10H2,1H3. The molecule has 0 spiro atoms. The molecular weight excluding hydrogens is 202 g/mol. The lowest BCUT2D eigenvalue weighted by atomic mass is 10.1. The van der Waals surface area contributed by atoms with Gasteiger partial charge in [0.25, 0.3) is 0 Å². The number of benzene rings is 1. The highest BCUT2D eigenvalue weighted by atomic mass is 16.6. The highest BCUT2D eigenvalue weighted by Crippen LogP contribution is 2.11. The van der Waals surface area contributed by atoms with E-state index in [0.29, 0.717) is 12.7 Å². The predicted octanol–water partition coefficient (Wildman–Crippen LogP) is 1.71. The Labute approximate surface area is 96.8 Å². The van der Waals surface area contributed by atoms with E-state index in [-0.39, 0.29) is 0 Å². The molecule has 0 aromatic heterocycles. The van der Waals surface area contributed by atoms with E-state index in [1.165, 1.54) is 11.1 Å². The van der Waals surface area contributed by atoms with E-state index in [2.05, 4.69) is 36.5 Å². The van der Waals surface area contributed by atoms with Crippen LogP contribution in [0, 0.1) is 0 Å². The Morgan fingerprint density at radius 2 is 2.19 bits per heavy atom. The molecule has 0 saturated carbocycles. The van der Waals surface area contributed by atoms with Gasteiger partial charge in [0.05, 0.1) is 19.8 Å². The van der Waals surface area contributed by atoms with Gasteiger partial charge in [-0.05, 0) is 17.7 Å². The van der Waals surface area contributed by atoms with Crippen molar-refractivity contribution < 1.29 is 9.47 Å². The van der Waals surface area contributed by atoms with Crippen molar-refractivity contribution in [2.24, 2.45) is 0 Å². The maximum absolute atomic E-state index is 5.68. The van der Waals surface area contributed by atoms with Crippen molar-refractivity contribution in [2.45, 2.75) is 26.2 Å². The molecule has 1 aliphatic rings. The maximum atomic E-state index is 5.68. The summed E-state index contributed by atoms with van der Waals surface area (Å²) < 4.78 is 10.7. The van der Waals surface area contributed by atoms with Crippen molar-refractivity contribution in [3.05, 3.63) is 35.4 Å². The third-order valence-corrected chi connectivity index (χ3v) is 2.66. The van der Waals surface area contributed by atoms with Crippen LogP contribution in [-0.2, 0) is 22.6 Å². The molecule has 1 fully saturated rings. The molecule has 1 aliphatic heterocycles. The van der Waals surface area contributed by atoms with Gasteiger partial charge in [0.2, 0.25) is 0 Å². The Kier molecular flexibility index (Phi) is 4.34. The van der Waals surface area contributed by atoms with Gasteiger partial charge >= 0.3 is 0 Å². The second-order valence-corrected chi connectivity index (χ2v) is 4.07. The Bertz CT molecular complexity index is 323. The maximum Gasteiger partial charge on any atom is 0.105 e. The summed E-state index contributed by atoms with van der Waals surface area (Å²) in [6, 6.07) is 8.53. The van der Waals surface area contributed by atoms with E-state index in [9.17, 15) is 0 Å². The molecule has 88 valence electrons. The fourth-order valence-corrected chi connectivity index (χ4v) is 1.62. The second-order valence-electron chi connectivity index (χ2n) is 4.07. The zero-order valence-electron chi connectivity index (χ0n) is 9.74. The summed E-state index contributed by atoms with van der Waals surface area (Å²) in [5.74, 6) is 0. The van der Waals surface area contributed by atoms with Gasteiger partial charge in [0, 0.05) is 6.54 Å². The first-order valence-corrected chi connectivity index (χ1v) is 5.86. The van der Waals surface area contributed by atoms with Gasteiger partial charge in [-0.25, -0.2) is 0 Å². The Balaban J connectivity index is 1.82. The van der Waals surface area contributed by atoms with Gasteiger partial charge in [0.1, 0.15) is 6.10 Å². The summed E-state index contributed by atoms with van der Waals surface area (Å²) in [5, 5.41) is 3.32. The van der Waals surface area contributed by atoms with Crippen molar-refractivity contribution in [3.63, 3.8) is 0 Å². The van der Waals surface area contributed by atoms with Gasteiger partial charge in [0.15, 0.2) is 0 Å². The number of ether oxygens (including phenoxy) is 2. The van der Waals surface area contributed by atoms with Gasteiger partial charge in [-0.3, -0.25) is 0 Å². The zero-order chi connectivity index (χ0) is 11.2. The van der Waals surface area contributed by atoms with Crippen LogP contribution in [0.5, 0.6) is 0 Å².